The summed E-state index contributed by atoms with van der Waals surface area (Å²) >= 11 is 0. The summed E-state index contributed by atoms with van der Waals surface area (Å²) < 4.78 is 15.5. The number of ketones is 1. The van der Waals surface area contributed by atoms with Crippen LogP contribution in [0.1, 0.15) is 40.5 Å². The van der Waals surface area contributed by atoms with Crippen molar-refractivity contribution < 1.29 is 28.6 Å². The number of hydrogen-bond acceptors (Lipinski definition) is 6. The summed E-state index contributed by atoms with van der Waals surface area (Å²) in [6, 6.07) is 14.6. The molecule has 0 amide bonds. The van der Waals surface area contributed by atoms with Crippen molar-refractivity contribution >= 4 is 17.7 Å². The highest BCUT2D eigenvalue weighted by Gasteiger charge is 2.34. The van der Waals surface area contributed by atoms with E-state index in [4.69, 9.17) is 9.47 Å². The van der Waals surface area contributed by atoms with E-state index in [9.17, 15) is 14.4 Å². The van der Waals surface area contributed by atoms with Gasteiger partial charge in [-0.1, -0.05) is 43.7 Å². The Morgan fingerprint density at radius 1 is 0.963 bits per heavy atom. The molecule has 0 saturated heterocycles. The first-order valence-electron chi connectivity index (χ1n) is 8.68. The van der Waals surface area contributed by atoms with Gasteiger partial charge in [-0.15, -0.1) is 0 Å². The smallest absolute Gasteiger partial charge is 0.355 e. The number of carbonyl (C=O) groups is 3. The van der Waals surface area contributed by atoms with Gasteiger partial charge in [0.15, 0.2) is 0 Å². The lowest BCUT2D eigenvalue weighted by Gasteiger charge is -2.17. The van der Waals surface area contributed by atoms with Crippen LogP contribution in [0.15, 0.2) is 54.6 Å². The van der Waals surface area contributed by atoms with Gasteiger partial charge in [0.05, 0.1) is 24.8 Å². The molecule has 1 atom stereocenters. The van der Waals surface area contributed by atoms with Crippen molar-refractivity contribution in [1.82, 2.24) is 0 Å². The van der Waals surface area contributed by atoms with E-state index in [0.717, 1.165) is 20.0 Å². The van der Waals surface area contributed by atoms with Crippen molar-refractivity contribution in [3.05, 3.63) is 65.7 Å². The van der Waals surface area contributed by atoms with Gasteiger partial charge in [-0.2, -0.15) is 0 Å². The molecule has 0 aliphatic heterocycles. The molecule has 2 aromatic rings. The molecule has 0 heterocycles. The van der Waals surface area contributed by atoms with Gasteiger partial charge in [0.2, 0.25) is 5.78 Å². The van der Waals surface area contributed by atoms with E-state index in [0.29, 0.717) is 12.4 Å². The van der Waals surface area contributed by atoms with E-state index in [2.05, 4.69) is 4.74 Å². The fourth-order valence-electron chi connectivity index (χ4n) is 2.33. The number of rotatable bonds is 9. The molecule has 0 N–H and O–H groups in total. The van der Waals surface area contributed by atoms with E-state index in [-0.39, 0.29) is 11.1 Å². The average Bonchev–Trinajstić information content (AvgIpc) is 2.72. The zero-order chi connectivity index (χ0) is 19.6. The van der Waals surface area contributed by atoms with Crippen LogP contribution in [0.2, 0.25) is 0 Å². The molecule has 0 bridgehead atoms. The summed E-state index contributed by atoms with van der Waals surface area (Å²) in [7, 11) is 1.13. The van der Waals surface area contributed by atoms with E-state index in [1.807, 2.05) is 6.92 Å². The SMILES string of the molecule is CCCCOc1ccccc1C(=O)C(OC(=O)c1ccccc1)C(=O)OC. The second-order valence-electron chi connectivity index (χ2n) is 5.74. The minimum Gasteiger partial charge on any atom is -0.493 e. The van der Waals surface area contributed by atoms with Gasteiger partial charge in [-0.05, 0) is 30.7 Å². The number of carbonyl (C=O) groups excluding carboxylic acids is 3. The summed E-state index contributed by atoms with van der Waals surface area (Å²) in [6.45, 7) is 2.46. The maximum atomic E-state index is 12.9. The molecule has 0 aliphatic rings. The Bertz CT molecular complexity index is 784. The van der Waals surface area contributed by atoms with Gasteiger partial charge in [-0.3, -0.25) is 4.79 Å². The van der Waals surface area contributed by atoms with Crippen LogP contribution in [0.4, 0.5) is 0 Å². The molecular weight excluding hydrogens is 348 g/mol. The predicted octanol–water partition coefficient (Wildman–Crippen LogP) is 3.45. The highest BCUT2D eigenvalue weighted by Crippen LogP contribution is 2.22. The standard InChI is InChI=1S/C21H22O6/c1-3-4-14-26-17-13-9-8-12-16(17)18(22)19(21(24)25-2)27-20(23)15-10-6-5-7-11-15/h5-13,19H,3-4,14H2,1-2H3. The number of hydrogen-bond donors (Lipinski definition) is 0. The number of benzene rings is 2. The van der Waals surface area contributed by atoms with Crippen LogP contribution >= 0.6 is 0 Å². The summed E-state index contributed by atoms with van der Waals surface area (Å²) in [5, 5.41) is 0. The molecule has 0 spiro atoms. The zero-order valence-electron chi connectivity index (χ0n) is 15.3. The number of para-hydroxylation sites is 1. The van der Waals surface area contributed by atoms with Crippen LogP contribution in [0.25, 0.3) is 0 Å². The molecule has 2 rings (SSSR count). The number of unbranched alkanes of at least 4 members (excludes halogenated alkanes) is 1. The van der Waals surface area contributed by atoms with Crippen LogP contribution in [-0.2, 0) is 14.3 Å². The zero-order valence-corrected chi connectivity index (χ0v) is 15.3. The van der Waals surface area contributed by atoms with Gasteiger partial charge in [0.25, 0.3) is 6.10 Å². The molecule has 0 aliphatic carbocycles. The molecule has 0 fully saturated rings. The van der Waals surface area contributed by atoms with E-state index < -0.39 is 23.8 Å². The Morgan fingerprint density at radius 3 is 2.30 bits per heavy atom. The number of methoxy groups -OCH3 is 1. The Labute approximate surface area is 158 Å². The summed E-state index contributed by atoms with van der Waals surface area (Å²) in [6.07, 6.45) is 0.0558. The van der Waals surface area contributed by atoms with Crippen molar-refractivity contribution in [3.8, 4) is 5.75 Å². The van der Waals surface area contributed by atoms with Gasteiger partial charge >= 0.3 is 11.9 Å². The molecule has 0 saturated carbocycles. The first kappa shape index (κ1) is 20.2. The number of esters is 2. The first-order chi connectivity index (χ1) is 13.1. The second-order valence-corrected chi connectivity index (χ2v) is 5.74. The van der Waals surface area contributed by atoms with Gasteiger partial charge in [-0.25, -0.2) is 9.59 Å². The van der Waals surface area contributed by atoms with E-state index in [1.54, 1.807) is 36.4 Å². The molecule has 0 radical (unpaired) electrons. The quantitative estimate of drug-likeness (QED) is 0.291. The maximum absolute atomic E-state index is 12.9. The normalized spacial score (nSPS) is 11.3. The molecule has 142 valence electrons. The van der Waals surface area contributed by atoms with Crippen LogP contribution in [0.3, 0.4) is 0 Å². The fourth-order valence-corrected chi connectivity index (χ4v) is 2.33. The summed E-state index contributed by atoms with van der Waals surface area (Å²) in [5.41, 5.74) is 0.386. The van der Waals surface area contributed by atoms with Crippen LogP contribution < -0.4 is 4.74 Å². The minimum absolute atomic E-state index is 0.157. The Balaban J connectivity index is 2.25. The molecule has 6 heteroatoms. The lowest BCUT2D eigenvalue weighted by molar-refractivity contribution is -0.148. The molecule has 6 nitrogen and oxygen atoms in total. The lowest BCUT2D eigenvalue weighted by atomic mass is 10.0. The lowest BCUT2D eigenvalue weighted by Crippen LogP contribution is -2.36. The largest absolute Gasteiger partial charge is 0.493 e. The third-order valence-corrected chi connectivity index (χ3v) is 3.80. The van der Waals surface area contributed by atoms with E-state index >= 15 is 0 Å². The van der Waals surface area contributed by atoms with Crippen molar-refractivity contribution in [2.45, 2.75) is 25.9 Å². The number of ether oxygens (including phenoxy) is 3. The molecule has 0 aromatic heterocycles. The van der Waals surface area contributed by atoms with Crippen LogP contribution in [0, 0.1) is 0 Å². The van der Waals surface area contributed by atoms with Crippen LogP contribution in [0.5, 0.6) is 5.75 Å². The summed E-state index contributed by atoms with van der Waals surface area (Å²) in [4.78, 5) is 37.3. The predicted molar refractivity (Wildman–Crippen MR) is 98.8 cm³/mol. The highest BCUT2D eigenvalue weighted by atomic mass is 16.6. The third-order valence-electron chi connectivity index (χ3n) is 3.80. The van der Waals surface area contributed by atoms with Gasteiger partial charge in [0, 0.05) is 0 Å². The molecule has 27 heavy (non-hydrogen) atoms. The van der Waals surface area contributed by atoms with Crippen LogP contribution in [-0.4, -0.2) is 37.5 Å². The fraction of sp³-hybridized carbons (Fsp3) is 0.286. The van der Waals surface area contributed by atoms with Crippen molar-refractivity contribution in [3.63, 3.8) is 0 Å². The van der Waals surface area contributed by atoms with E-state index in [1.165, 1.54) is 18.2 Å². The van der Waals surface area contributed by atoms with Crippen molar-refractivity contribution in [1.29, 1.82) is 0 Å². The van der Waals surface area contributed by atoms with Crippen molar-refractivity contribution in [2.24, 2.45) is 0 Å². The molecule has 2 aromatic carbocycles. The third kappa shape index (κ3) is 5.41. The summed E-state index contributed by atoms with van der Waals surface area (Å²) in [5.74, 6) is -2.10. The van der Waals surface area contributed by atoms with Gasteiger partial charge in [0.1, 0.15) is 5.75 Å². The molecular formula is C21H22O6. The van der Waals surface area contributed by atoms with Gasteiger partial charge < -0.3 is 14.2 Å². The maximum Gasteiger partial charge on any atom is 0.355 e. The second kappa shape index (κ2) is 10.1. The Hall–Kier alpha value is -3.15. The first-order valence-corrected chi connectivity index (χ1v) is 8.68. The highest BCUT2D eigenvalue weighted by molar-refractivity contribution is 6.13. The average molecular weight is 370 g/mol. The topological polar surface area (TPSA) is 78.9 Å². The molecule has 1 unspecified atom stereocenters. The monoisotopic (exact) mass is 370 g/mol. The van der Waals surface area contributed by atoms with Crippen molar-refractivity contribution in [2.75, 3.05) is 13.7 Å². The Kier molecular flexibility index (Phi) is 7.55. The minimum atomic E-state index is -1.71. The Morgan fingerprint density at radius 2 is 1.63 bits per heavy atom. The number of Topliss-reactive ketones (excluding diaryl/α,β-unsaturated/α-hetero) is 1.